The fourth-order valence-electron chi connectivity index (χ4n) is 0.892. The van der Waals surface area contributed by atoms with Gasteiger partial charge in [-0.15, -0.1) is 0 Å². The third kappa shape index (κ3) is 1.55. The predicted octanol–water partition coefficient (Wildman–Crippen LogP) is 1.48. The molecule has 0 fully saturated rings. The van der Waals surface area contributed by atoms with Gasteiger partial charge >= 0.3 is 0 Å². The van der Waals surface area contributed by atoms with Gasteiger partial charge in [0.05, 0.1) is 5.69 Å². The minimum Gasteiger partial charge on any atom is -0.506 e. The molecule has 3 nitrogen and oxygen atoms in total. The molecule has 0 aliphatic heterocycles. The van der Waals surface area contributed by atoms with Crippen molar-refractivity contribution in [2.24, 2.45) is 0 Å². The Bertz CT molecular complexity index is 248. The highest BCUT2D eigenvalue weighted by atomic mass is 16.3. The van der Waals surface area contributed by atoms with Gasteiger partial charge in [0.2, 0.25) is 0 Å². The highest BCUT2D eigenvalue weighted by Crippen LogP contribution is 2.25. The molecule has 0 amide bonds. The second kappa shape index (κ2) is 3.14. The number of phenols is 1. The number of benzene rings is 1. The van der Waals surface area contributed by atoms with E-state index in [4.69, 9.17) is 0 Å². The van der Waals surface area contributed by atoms with Crippen molar-refractivity contribution in [3.05, 3.63) is 18.2 Å². The largest absolute Gasteiger partial charge is 0.506 e. The third-order valence-electron chi connectivity index (χ3n) is 1.55. The smallest absolute Gasteiger partial charge is 0.138 e. The van der Waals surface area contributed by atoms with E-state index >= 15 is 0 Å². The summed E-state index contributed by atoms with van der Waals surface area (Å²) in [6.07, 6.45) is 0. The molecule has 11 heavy (non-hydrogen) atoms. The van der Waals surface area contributed by atoms with Crippen LogP contribution in [0.3, 0.4) is 0 Å². The summed E-state index contributed by atoms with van der Waals surface area (Å²) >= 11 is 0. The molecule has 0 aliphatic rings. The topological polar surface area (TPSA) is 44.3 Å². The maximum atomic E-state index is 9.24. The highest BCUT2D eigenvalue weighted by Gasteiger charge is 1.97. The van der Waals surface area contributed by atoms with E-state index in [9.17, 15) is 5.11 Å². The number of nitrogens with one attached hydrogen (secondary N) is 2. The zero-order valence-corrected chi connectivity index (χ0v) is 6.68. The number of hydrogen-bond donors (Lipinski definition) is 3. The van der Waals surface area contributed by atoms with Crippen molar-refractivity contribution in [3.63, 3.8) is 0 Å². The summed E-state index contributed by atoms with van der Waals surface area (Å²) in [5.41, 5.74) is 1.71. The molecule has 60 valence electrons. The molecule has 0 aliphatic carbocycles. The average Bonchev–Trinajstić information content (AvgIpc) is 2.05. The Balaban J connectivity index is 3.02. The second-order valence-corrected chi connectivity index (χ2v) is 2.23. The van der Waals surface area contributed by atoms with E-state index in [1.54, 1.807) is 13.1 Å². The Morgan fingerprint density at radius 1 is 1.18 bits per heavy atom. The number of aromatic hydroxyl groups is 1. The lowest BCUT2D eigenvalue weighted by Gasteiger charge is -2.05. The molecule has 3 heteroatoms. The van der Waals surface area contributed by atoms with Crippen LogP contribution in [0.15, 0.2) is 18.2 Å². The molecule has 1 aromatic carbocycles. The number of rotatable bonds is 2. The van der Waals surface area contributed by atoms with Crippen LogP contribution < -0.4 is 10.6 Å². The van der Waals surface area contributed by atoms with Crippen molar-refractivity contribution < 1.29 is 5.11 Å². The number of phenolic OH excluding ortho intramolecular Hbond substituents is 1. The van der Waals surface area contributed by atoms with E-state index in [1.807, 2.05) is 19.2 Å². The van der Waals surface area contributed by atoms with E-state index < -0.39 is 0 Å². The molecule has 1 rings (SSSR count). The Labute approximate surface area is 66.1 Å². The molecular formula is C8H12N2O. The molecule has 0 saturated carbocycles. The van der Waals surface area contributed by atoms with Gasteiger partial charge in [0.25, 0.3) is 0 Å². The first kappa shape index (κ1) is 7.72. The molecule has 0 atom stereocenters. The van der Waals surface area contributed by atoms with Crippen LogP contribution in [0.2, 0.25) is 0 Å². The van der Waals surface area contributed by atoms with Crippen molar-refractivity contribution in [3.8, 4) is 5.75 Å². The van der Waals surface area contributed by atoms with Gasteiger partial charge in [-0.1, -0.05) is 0 Å². The van der Waals surface area contributed by atoms with Crippen molar-refractivity contribution in [1.29, 1.82) is 0 Å². The fourth-order valence-corrected chi connectivity index (χ4v) is 0.892. The van der Waals surface area contributed by atoms with Gasteiger partial charge in [0, 0.05) is 19.8 Å². The molecule has 0 aromatic heterocycles. The van der Waals surface area contributed by atoms with Crippen LogP contribution >= 0.6 is 0 Å². The molecule has 0 radical (unpaired) electrons. The molecule has 0 saturated heterocycles. The summed E-state index contributed by atoms with van der Waals surface area (Å²) in [4.78, 5) is 0. The normalized spacial score (nSPS) is 9.27. The third-order valence-corrected chi connectivity index (χ3v) is 1.55. The molecule has 0 spiro atoms. The summed E-state index contributed by atoms with van der Waals surface area (Å²) in [6, 6.07) is 5.31. The summed E-state index contributed by atoms with van der Waals surface area (Å²) in [5.74, 6) is 0.270. The second-order valence-electron chi connectivity index (χ2n) is 2.23. The van der Waals surface area contributed by atoms with Crippen LogP contribution in [0.5, 0.6) is 5.75 Å². The van der Waals surface area contributed by atoms with Crippen molar-refractivity contribution in [1.82, 2.24) is 0 Å². The average molecular weight is 152 g/mol. The lowest BCUT2D eigenvalue weighted by molar-refractivity contribution is 0.477. The SMILES string of the molecule is CNc1ccc(O)c(NC)c1. The van der Waals surface area contributed by atoms with Crippen LogP contribution in [0.25, 0.3) is 0 Å². The van der Waals surface area contributed by atoms with Crippen LogP contribution in [0.1, 0.15) is 0 Å². The van der Waals surface area contributed by atoms with Crippen LogP contribution in [0.4, 0.5) is 11.4 Å². The van der Waals surface area contributed by atoms with E-state index in [-0.39, 0.29) is 5.75 Å². The summed E-state index contributed by atoms with van der Waals surface area (Å²) in [7, 11) is 3.61. The molecule has 3 N–H and O–H groups in total. The molecule has 0 unspecified atom stereocenters. The van der Waals surface area contributed by atoms with E-state index in [0.717, 1.165) is 11.4 Å². The van der Waals surface area contributed by atoms with Crippen LogP contribution in [0, 0.1) is 0 Å². The van der Waals surface area contributed by atoms with Gasteiger partial charge in [0.1, 0.15) is 5.75 Å². The summed E-state index contributed by atoms with van der Waals surface area (Å²) < 4.78 is 0. The Morgan fingerprint density at radius 3 is 2.45 bits per heavy atom. The summed E-state index contributed by atoms with van der Waals surface area (Å²) in [6.45, 7) is 0. The van der Waals surface area contributed by atoms with Gasteiger partial charge in [-0.05, 0) is 18.2 Å². The first-order chi connectivity index (χ1) is 5.27. The van der Waals surface area contributed by atoms with Crippen molar-refractivity contribution in [2.75, 3.05) is 24.7 Å². The minimum atomic E-state index is 0.270. The minimum absolute atomic E-state index is 0.270. The van der Waals surface area contributed by atoms with Gasteiger partial charge in [-0.25, -0.2) is 0 Å². The predicted molar refractivity (Wildman–Crippen MR) is 47.2 cm³/mol. The molecule has 0 bridgehead atoms. The maximum absolute atomic E-state index is 9.24. The number of hydrogen-bond acceptors (Lipinski definition) is 3. The standard InChI is InChI=1S/C8H12N2O/c1-9-6-3-4-8(11)7(5-6)10-2/h3-5,9-11H,1-2H3. The highest BCUT2D eigenvalue weighted by molar-refractivity contribution is 5.63. The van der Waals surface area contributed by atoms with E-state index in [1.165, 1.54) is 0 Å². The van der Waals surface area contributed by atoms with Crippen LogP contribution in [-0.2, 0) is 0 Å². The van der Waals surface area contributed by atoms with Gasteiger partial charge in [0.15, 0.2) is 0 Å². The van der Waals surface area contributed by atoms with E-state index in [2.05, 4.69) is 10.6 Å². The zero-order chi connectivity index (χ0) is 8.27. The Morgan fingerprint density at radius 2 is 1.91 bits per heavy atom. The van der Waals surface area contributed by atoms with Gasteiger partial charge in [-0.3, -0.25) is 0 Å². The van der Waals surface area contributed by atoms with Gasteiger partial charge in [-0.2, -0.15) is 0 Å². The van der Waals surface area contributed by atoms with Crippen LogP contribution in [-0.4, -0.2) is 19.2 Å². The lowest BCUT2D eigenvalue weighted by atomic mass is 10.2. The molecular weight excluding hydrogens is 140 g/mol. The Kier molecular flexibility index (Phi) is 2.21. The maximum Gasteiger partial charge on any atom is 0.138 e. The molecule has 1 aromatic rings. The first-order valence-electron chi connectivity index (χ1n) is 3.46. The van der Waals surface area contributed by atoms with Gasteiger partial charge < -0.3 is 15.7 Å². The Hall–Kier alpha value is -1.38. The van der Waals surface area contributed by atoms with E-state index in [0.29, 0.717) is 0 Å². The monoisotopic (exact) mass is 152 g/mol. The number of anilines is 2. The fraction of sp³-hybridized carbons (Fsp3) is 0.250. The van der Waals surface area contributed by atoms with Crippen molar-refractivity contribution in [2.45, 2.75) is 0 Å². The first-order valence-corrected chi connectivity index (χ1v) is 3.46. The quantitative estimate of drug-likeness (QED) is 0.444. The summed E-state index contributed by atoms with van der Waals surface area (Å²) in [5, 5.41) is 15.1. The zero-order valence-electron chi connectivity index (χ0n) is 6.68. The van der Waals surface area contributed by atoms with Crippen molar-refractivity contribution >= 4 is 11.4 Å². The molecule has 0 heterocycles. The lowest BCUT2D eigenvalue weighted by Crippen LogP contribution is -1.92.